The molecule has 0 rings (SSSR count). The van der Waals surface area contributed by atoms with Crippen LogP contribution in [0.2, 0.25) is 0 Å². The zero-order valence-electron chi connectivity index (χ0n) is 6.74. The van der Waals surface area contributed by atoms with Gasteiger partial charge in [-0.2, -0.15) is 0 Å². The van der Waals surface area contributed by atoms with Crippen LogP contribution in [0.4, 0.5) is 4.39 Å². The molecule has 0 aliphatic carbocycles. The fraction of sp³-hybridized carbons (Fsp3) is 0.333. The van der Waals surface area contributed by atoms with Crippen molar-refractivity contribution >= 4 is 0 Å². The first-order valence-corrected chi connectivity index (χ1v) is 3.20. The summed E-state index contributed by atoms with van der Waals surface area (Å²) in [4.78, 5) is 0. The Balaban J connectivity index is 4.14. The van der Waals surface area contributed by atoms with Gasteiger partial charge in [0.1, 0.15) is 0 Å². The van der Waals surface area contributed by atoms with E-state index >= 15 is 0 Å². The third kappa shape index (κ3) is 5.29. The molecule has 0 atom stereocenters. The van der Waals surface area contributed by atoms with E-state index in [4.69, 9.17) is 0 Å². The minimum absolute atomic E-state index is 0.206. The minimum atomic E-state index is -0.206. The van der Waals surface area contributed by atoms with Crippen molar-refractivity contribution in [1.29, 1.82) is 0 Å². The zero-order valence-corrected chi connectivity index (χ0v) is 6.74. The summed E-state index contributed by atoms with van der Waals surface area (Å²) in [6, 6.07) is 0. The van der Waals surface area contributed by atoms with Gasteiger partial charge in [0.25, 0.3) is 0 Å². The van der Waals surface area contributed by atoms with Gasteiger partial charge < -0.3 is 0 Å². The van der Waals surface area contributed by atoms with E-state index in [1.807, 2.05) is 19.9 Å². The normalized spacial score (nSPS) is 11.0. The zero-order chi connectivity index (χ0) is 8.15. The lowest BCUT2D eigenvalue weighted by Crippen LogP contribution is -1.71. The Morgan fingerprint density at radius 3 is 2.00 bits per heavy atom. The average molecular weight is 140 g/mol. The van der Waals surface area contributed by atoms with Gasteiger partial charge >= 0.3 is 0 Å². The van der Waals surface area contributed by atoms with E-state index in [1.54, 1.807) is 0 Å². The highest BCUT2D eigenvalue weighted by Crippen LogP contribution is 2.04. The standard InChI is InChI=1S/C9H13F/c1-7(2)5-8(3)6-9(4)10/h5-6H,3H2,1-2,4H3/b9-6+. The van der Waals surface area contributed by atoms with Crippen LogP contribution in [0.25, 0.3) is 0 Å². The highest BCUT2D eigenvalue weighted by Gasteiger charge is 1.85. The summed E-state index contributed by atoms with van der Waals surface area (Å²) in [7, 11) is 0. The molecule has 0 unspecified atom stereocenters. The Morgan fingerprint density at radius 2 is 1.70 bits per heavy atom. The SMILES string of the molecule is C=C(C=C(C)C)/C=C(\C)F. The molecule has 0 aliphatic heterocycles. The summed E-state index contributed by atoms with van der Waals surface area (Å²) >= 11 is 0. The van der Waals surface area contributed by atoms with Gasteiger partial charge in [0.05, 0.1) is 5.83 Å². The van der Waals surface area contributed by atoms with Gasteiger partial charge in [-0.25, -0.2) is 4.39 Å². The summed E-state index contributed by atoms with van der Waals surface area (Å²) in [6.45, 7) is 8.95. The molecule has 0 bridgehead atoms. The second kappa shape index (κ2) is 4.04. The lowest BCUT2D eigenvalue weighted by molar-refractivity contribution is 0.640. The second-order valence-electron chi connectivity index (χ2n) is 2.53. The molecule has 56 valence electrons. The van der Waals surface area contributed by atoms with Crippen molar-refractivity contribution < 1.29 is 4.39 Å². The van der Waals surface area contributed by atoms with Crippen molar-refractivity contribution in [3.8, 4) is 0 Å². The van der Waals surface area contributed by atoms with Gasteiger partial charge in [-0.3, -0.25) is 0 Å². The van der Waals surface area contributed by atoms with E-state index in [2.05, 4.69) is 6.58 Å². The topological polar surface area (TPSA) is 0 Å². The van der Waals surface area contributed by atoms with Crippen LogP contribution in [0.5, 0.6) is 0 Å². The number of rotatable bonds is 2. The quantitative estimate of drug-likeness (QED) is 0.516. The maximum atomic E-state index is 12.2. The van der Waals surface area contributed by atoms with Gasteiger partial charge in [0, 0.05) is 0 Å². The molecule has 0 heterocycles. The number of hydrogen-bond acceptors (Lipinski definition) is 0. The van der Waals surface area contributed by atoms with Crippen LogP contribution in [-0.4, -0.2) is 0 Å². The Bertz CT molecular complexity index is 157. The summed E-state index contributed by atoms with van der Waals surface area (Å²) in [5, 5.41) is 0. The summed E-state index contributed by atoms with van der Waals surface area (Å²) in [5.74, 6) is -0.206. The molecular weight excluding hydrogens is 127 g/mol. The molecule has 0 radical (unpaired) electrons. The first kappa shape index (κ1) is 9.15. The Hall–Kier alpha value is -0.850. The maximum absolute atomic E-state index is 12.2. The maximum Gasteiger partial charge on any atom is 0.0974 e. The first-order valence-electron chi connectivity index (χ1n) is 3.20. The van der Waals surface area contributed by atoms with Crippen LogP contribution in [0.1, 0.15) is 20.8 Å². The third-order valence-corrected chi connectivity index (χ3v) is 0.858. The fourth-order valence-electron chi connectivity index (χ4n) is 0.668. The minimum Gasteiger partial charge on any atom is -0.212 e. The molecular formula is C9H13F. The van der Waals surface area contributed by atoms with Gasteiger partial charge in [0.2, 0.25) is 0 Å². The molecule has 0 saturated heterocycles. The summed E-state index contributed by atoms with van der Waals surface area (Å²) in [6.07, 6.45) is 3.25. The van der Waals surface area contributed by atoms with E-state index in [1.165, 1.54) is 13.0 Å². The molecule has 0 aromatic rings. The van der Waals surface area contributed by atoms with Gasteiger partial charge in [0.15, 0.2) is 0 Å². The van der Waals surface area contributed by atoms with E-state index in [9.17, 15) is 4.39 Å². The molecule has 0 aliphatic rings. The smallest absolute Gasteiger partial charge is 0.0974 e. The first-order chi connectivity index (χ1) is 4.52. The van der Waals surface area contributed by atoms with Crippen molar-refractivity contribution in [3.63, 3.8) is 0 Å². The molecule has 0 N–H and O–H groups in total. The van der Waals surface area contributed by atoms with E-state index in [0.717, 1.165) is 5.57 Å². The highest BCUT2D eigenvalue weighted by molar-refractivity contribution is 5.30. The Kier molecular flexibility index (Phi) is 3.70. The summed E-state index contributed by atoms with van der Waals surface area (Å²) in [5.41, 5.74) is 1.84. The predicted molar refractivity (Wildman–Crippen MR) is 43.4 cm³/mol. The van der Waals surface area contributed by atoms with Crippen LogP contribution in [-0.2, 0) is 0 Å². The Morgan fingerprint density at radius 1 is 1.20 bits per heavy atom. The molecule has 1 heteroatoms. The number of hydrogen-bond donors (Lipinski definition) is 0. The van der Waals surface area contributed by atoms with Crippen LogP contribution >= 0.6 is 0 Å². The van der Waals surface area contributed by atoms with Crippen LogP contribution < -0.4 is 0 Å². The highest BCUT2D eigenvalue weighted by atomic mass is 19.1. The van der Waals surface area contributed by atoms with Crippen molar-refractivity contribution in [2.75, 3.05) is 0 Å². The van der Waals surface area contributed by atoms with E-state index in [0.29, 0.717) is 5.57 Å². The van der Waals surface area contributed by atoms with Crippen molar-refractivity contribution in [2.24, 2.45) is 0 Å². The molecule has 10 heavy (non-hydrogen) atoms. The second-order valence-corrected chi connectivity index (χ2v) is 2.53. The van der Waals surface area contributed by atoms with Crippen LogP contribution in [0, 0.1) is 0 Å². The third-order valence-electron chi connectivity index (χ3n) is 0.858. The Labute approximate surface area is 61.8 Å². The molecule has 0 fully saturated rings. The molecule has 0 spiro atoms. The molecule has 0 nitrogen and oxygen atoms in total. The van der Waals surface area contributed by atoms with Gasteiger partial charge in [-0.1, -0.05) is 18.2 Å². The largest absolute Gasteiger partial charge is 0.212 e. The molecule has 0 saturated carbocycles. The number of halogens is 1. The van der Waals surface area contributed by atoms with Crippen LogP contribution in [0.3, 0.4) is 0 Å². The van der Waals surface area contributed by atoms with Gasteiger partial charge in [-0.15, -0.1) is 0 Å². The lowest BCUT2D eigenvalue weighted by atomic mass is 10.2. The predicted octanol–water partition coefficient (Wildman–Crippen LogP) is 3.38. The van der Waals surface area contributed by atoms with E-state index in [-0.39, 0.29) is 5.83 Å². The monoisotopic (exact) mass is 140 g/mol. The fourth-order valence-corrected chi connectivity index (χ4v) is 0.668. The van der Waals surface area contributed by atoms with Gasteiger partial charge in [-0.05, 0) is 32.4 Å². The van der Waals surface area contributed by atoms with Crippen LogP contribution in [0.15, 0.2) is 35.7 Å². The van der Waals surface area contributed by atoms with Crippen molar-refractivity contribution in [2.45, 2.75) is 20.8 Å². The average Bonchev–Trinajstić information content (AvgIpc) is 1.58. The van der Waals surface area contributed by atoms with Crippen molar-refractivity contribution in [1.82, 2.24) is 0 Å². The number of allylic oxidation sites excluding steroid dienone is 5. The molecule has 0 aromatic carbocycles. The van der Waals surface area contributed by atoms with Crippen molar-refractivity contribution in [3.05, 3.63) is 35.7 Å². The molecule has 0 aromatic heterocycles. The van der Waals surface area contributed by atoms with E-state index < -0.39 is 0 Å². The summed E-state index contributed by atoms with van der Waals surface area (Å²) < 4.78 is 12.2. The molecule has 0 amide bonds. The lowest BCUT2D eigenvalue weighted by Gasteiger charge is -1.90.